The van der Waals surface area contributed by atoms with Gasteiger partial charge in [0.15, 0.2) is 0 Å². The van der Waals surface area contributed by atoms with E-state index in [4.69, 9.17) is 9.72 Å². The molecule has 0 radical (unpaired) electrons. The van der Waals surface area contributed by atoms with Crippen LogP contribution in [0.25, 0.3) is 11.0 Å². The van der Waals surface area contributed by atoms with Crippen molar-refractivity contribution in [3.63, 3.8) is 0 Å². The standard InChI is InChI=1S/C25H38N6O2/c1-28(14-15-29-16-18-33-19-17-29)21-8-12-30(13-9-21)24(32)20-6-10-31(11-7-20)25-26-22-4-2-3-5-23(22)27-25/h2-5,20-21H,6-19H2,1H3,(H,26,27). The highest BCUT2D eigenvalue weighted by molar-refractivity contribution is 5.80. The summed E-state index contributed by atoms with van der Waals surface area (Å²) < 4.78 is 5.45. The number of fused-ring (bicyclic) bond motifs is 1. The van der Waals surface area contributed by atoms with Crippen LogP contribution < -0.4 is 4.90 Å². The number of carbonyl (C=O) groups is 1. The molecule has 2 aromatic rings. The van der Waals surface area contributed by atoms with E-state index in [0.717, 1.165) is 108 Å². The lowest BCUT2D eigenvalue weighted by molar-refractivity contribution is -0.137. The van der Waals surface area contributed by atoms with Crippen LogP contribution in [0.3, 0.4) is 0 Å². The van der Waals surface area contributed by atoms with Gasteiger partial charge in [-0.15, -0.1) is 0 Å². The second-order valence-corrected chi connectivity index (χ2v) is 9.83. The Morgan fingerprint density at radius 2 is 1.79 bits per heavy atom. The predicted molar refractivity (Wildman–Crippen MR) is 131 cm³/mol. The SMILES string of the molecule is CN(CCN1CCOCC1)C1CCN(C(=O)C2CCN(c3nc4ccccc4[nH]3)CC2)CC1. The number of ether oxygens (including phenoxy) is 1. The van der Waals surface area contributed by atoms with Crippen LogP contribution in [0.1, 0.15) is 25.7 Å². The molecule has 3 aliphatic rings. The van der Waals surface area contributed by atoms with Gasteiger partial charge in [0, 0.05) is 64.3 Å². The lowest BCUT2D eigenvalue weighted by Crippen LogP contribution is -2.50. The second kappa shape index (κ2) is 10.4. The molecule has 0 saturated carbocycles. The summed E-state index contributed by atoms with van der Waals surface area (Å²) in [5.41, 5.74) is 2.08. The van der Waals surface area contributed by atoms with E-state index in [0.29, 0.717) is 11.9 Å². The third-order valence-corrected chi connectivity index (χ3v) is 7.79. The molecule has 0 bridgehead atoms. The number of imidazole rings is 1. The number of aromatic amines is 1. The number of anilines is 1. The highest BCUT2D eigenvalue weighted by atomic mass is 16.5. The molecule has 4 heterocycles. The van der Waals surface area contributed by atoms with Gasteiger partial charge in [0.05, 0.1) is 24.2 Å². The molecule has 3 aliphatic heterocycles. The Balaban J connectivity index is 1.05. The van der Waals surface area contributed by atoms with Crippen LogP contribution >= 0.6 is 0 Å². The molecular weight excluding hydrogens is 416 g/mol. The topological polar surface area (TPSA) is 67.9 Å². The van der Waals surface area contributed by atoms with Crippen molar-refractivity contribution >= 4 is 22.9 Å². The first-order valence-corrected chi connectivity index (χ1v) is 12.7. The van der Waals surface area contributed by atoms with E-state index in [1.165, 1.54) is 0 Å². The van der Waals surface area contributed by atoms with E-state index in [9.17, 15) is 4.79 Å². The molecule has 3 fully saturated rings. The van der Waals surface area contributed by atoms with E-state index in [1.54, 1.807) is 0 Å². The van der Waals surface area contributed by atoms with Gasteiger partial charge in [-0.05, 0) is 44.9 Å². The Morgan fingerprint density at radius 3 is 2.52 bits per heavy atom. The number of aromatic nitrogens is 2. The summed E-state index contributed by atoms with van der Waals surface area (Å²) in [5.74, 6) is 1.46. The third kappa shape index (κ3) is 5.34. The molecule has 1 N–H and O–H groups in total. The zero-order chi connectivity index (χ0) is 22.6. The first-order valence-electron chi connectivity index (χ1n) is 12.7. The first-order chi connectivity index (χ1) is 16.2. The zero-order valence-corrected chi connectivity index (χ0v) is 19.9. The summed E-state index contributed by atoms with van der Waals surface area (Å²) in [6.45, 7) is 9.61. The van der Waals surface area contributed by atoms with Crippen molar-refractivity contribution in [2.75, 3.05) is 77.5 Å². The maximum absolute atomic E-state index is 13.2. The van der Waals surface area contributed by atoms with Crippen LogP contribution in [0.15, 0.2) is 24.3 Å². The van der Waals surface area contributed by atoms with Gasteiger partial charge in [0.25, 0.3) is 0 Å². The molecule has 3 saturated heterocycles. The van der Waals surface area contributed by atoms with Gasteiger partial charge in [-0.3, -0.25) is 9.69 Å². The monoisotopic (exact) mass is 454 g/mol. The minimum atomic E-state index is 0.154. The smallest absolute Gasteiger partial charge is 0.225 e. The van der Waals surface area contributed by atoms with Gasteiger partial charge in [0.2, 0.25) is 11.9 Å². The Hall–Kier alpha value is -2.16. The van der Waals surface area contributed by atoms with Crippen molar-refractivity contribution in [3.8, 4) is 0 Å². The Kier molecular flexibility index (Phi) is 7.13. The Labute approximate surface area is 196 Å². The van der Waals surface area contributed by atoms with Crippen molar-refractivity contribution in [1.29, 1.82) is 0 Å². The molecule has 0 atom stereocenters. The summed E-state index contributed by atoms with van der Waals surface area (Å²) in [6, 6.07) is 8.73. The minimum Gasteiger partial charge on any atom is -0.379 e. The predicted octanol–water partition coefficient (Wildman–Crippen LogP) is 2.03. The van der Waals surface area contributed by atoms with Crippen LogP contribution in [0.2, 0.25) is 0 Å². The van der Waals surface area contributed by atoms with Crippen LogP contribution in [0.5, 0.6) is 0 Å². The summed E-state index contributed by atoms with van der Waals surface area (Å²) in [7, 11) is 2.25. The van der Waals surface area contributed by atoms with Crippen LogP contribution in [-0.2, 0) is 9.53 Å². The third-order valence-electron chi connectivity index (χ3n) is 7.79. The molecule has 180 valence electrons. The number of benzene rings is 1. The number of likely N-dealkylation sites (N-methyl/N-ethyl adjacent to an activating group) is 1. The van der Waals surface area contributed by atoms with Crippen molar-refractivity contribution in [1.82, 2.24) is 24.7 Å². The van der Waals surface area contributed by atoms with Crippen molar-refractivity contribution in [2.45, 2.75) is 31.7 Å². The minimum absolute atomic E-state index is 0.154. The van der Waals surface area contributed by atoms with Crippen LogP contribution in [-0.4, -0.2) is 109 Å². The summed E-state index contributed by atoms with van der Waals surface area (Å²) in [5, 5.41) is 0. The normalized spacial score (nSPS) is 21.9. The largest absolute Gasteiger partial charge is 0.379 e. The Bertz CT molecular complexity index is 878. The molecule has 8 heteroatoms. The number of hydrogen-bond acceptors (Lipinski definition) is 6. The number of carbonyl (C=O) groups excluding carboxylic acids is 1. The molecule has 0 aliphatic carbocycles. The number of nitrogens with one attached hydrogen (secondary N) is 1. The van der Waals surface area contributed by atoms with Crippen molar-refractivity contribution < 1.29 is 9.53 Å². The van der Waals surface area contributed by atoms with Gasteiger partial charge in [-0.2, -0.15) is 0 Å². The number of nitrogens with zero attached hydrogens (tertiary/aromatic N) is 5. The van der Waals surface area contributed by atoms with E-state index < -0.39 is 0 Å². The lowest BCUT2D eigenvalue weighted by Gasteiger charge is -2.40. The summed E-state index contributed by atoms with van der Waals surface area (Å²) in [4.78, 5) is 30.8. The van der Waals surface area contributed by atoms with Crippen molar-refractivity contribution in [3.05, 3.63) is 24.3 Å². The summed E-state index contributed by atoms with van der Waals surface area (Å²) >= 11 is 0. The quantitative estimate of drug-likeness (QED) is 0.721. The number of morpholine rings is 1. The van der Waals surface area contributed by atoms with Gasteiger partial charge in [-0.1, -0.05) is 12.1 Å². The maximum atomic E-state index is 13.2. The van der Waals surface area contributed by atoms with Gasteiger partial charge >= 0.3 is 0 Å². The van der Waals surface area contributed by atoms with E-state index in [2.05, 4.69) is 37.7 Å². The molecule has 33 heavy (non-hydrogen) atoms. The summed E-state index contributed by atoms with van der Waals surface area (Å²) in [6.07, 6.45) is 4.00. The molecule has 0 unspecified atom stereocenters. The molecule has 0 spiro atoms. The molecule has 1 aromatic carbocycles. The van der Waals surface area contributed by atoms with E-state index >= 15 is 0 Å². The fraction of sp³-hybridized carbons (Fsp3) is 0.680. The van der Waals surface area contributed by atoms with E-state index in [1.807, 2.05) is 18.2 Å². The average Bonchev–Trinajstić information content (AvgIpc) is 3.32. The highest BCUT2D eigenvalue weighted by Gasteiger charge is 2.32. The molecule has 1 aromatic heterocycles. The molecular formula is C25H38N6O2. The highest BCUT2D eigenvalue weighted by Crippen LogP contribution is 2.26. The molecule has 5 rings (SSSR count). The van der Waals surface area contributed by atoms with Crippen LogP contribution in [0.4, 0.5) is 5.95 Å². The fourth-order valence-electron chi connectivity index (χ4n) is 5.52. The number of amides is 1. The lowest BCUT2D eigenvalue weighted by atomic mass is 9.93. The van der Waals surface area contributed by atoms with Crippen molar-refractivity contribution in [2.24, 2.45) is 5.92 Å². The zero-order valence-electron chi connectivity index (χ0n) is 19.9. The molecule has 1 amide bonds. The number of likely N-dealkylation sites (tertiary alicyclic amines) is 1. The number of hydrogen-bond donors (Lipinski definition) is 1. The Morgan fingerprint density at radius 1 is 1.06 bits per heavy atom. The second-order valence-electron chi connectivity index (χ2n) is 9.83. The van der Waals surface area contributed by atoms with Gasteiger partial charge in [0.1, 0.15) is 0 Å². The van der Waals surface area contributed by atoms with Gasteiger partial charge < -0.3 is 24.4 Å². The maximum Gasteiger partial charge on any atom is 0.225 e. The van der Waals surface area contributed by atoms with Crippen LogP contribution in [0, 0.1) is 5.92 Å². The number of para-hydroxylation sites is 2. The van der Waals surface area contributed by atoms with Gasteiger partial charge in [-0.25, -0.2) is 4.98 Å². The number of H-pyrrole nitrogens is 1. The number of rotatable bonds is 6. The molecule has 8 nitrogen and oxygen atoms in total. The fourth-order valence-corrected chi connectivity index (χ4v) is 5.52. The average molecular weight is 455 g/mol. The number of piperidine rings is 2. The first kappa shape index (κ1) is 22.6. The van der Waals surface area contributed by atoms with E-state index in [-0.39, 0.29) is 5.92 Å².